The van der Waals surface area contributed by atoms with E-state index in [1.807, 2.05) is 0 Å². The normalized spacial score (nSPS) is 10.7. The number of benzene rings is 1. The third kappa shape index (κ3) is 2.55. The quantitative estimate of drug-likeness (QED) is 0.783. The number of aryl methyl sites for hydroxylation is 1. The van der Waals surface area contributed by atoms with Crippen molar-refractivity contribution < 1.29 is 9.18 Å². The van der Waals surface area contributed by atoms with Crippen LogP contribution in [0.2, 0.25) is 0 Å². The number of primary amides is 1. The highest BCUT2D eigenvalue weighted by Gasteiger charge is 2.18. The van der Waals surface area contributed by atoms with Gasteiger partial charge < -0.3 is 5.73 Å². The molecule has 2 N–H and O–H groups in total. The van der Waals surface area contributed by atoms with Gasteiger partial charge in [0.2, 0.25) is 0 Å². The molecule has 3 aromatic rings. The minimum atomic E-state index is -0.705. The number of nitrogens with zero attached hydrogens (tertiary/aromatic N) is 3. The summed E-state index contributed by atoms with van der Waals surface area (Å²) in [6.07, 6.45) is 0.0654. The summed E-state index contributed by atoms with van der Waals surface area (Å²) in [4.78, 5) is 29.0. The number of thiazole rings is 1. The fourth-order valence-corrected chi connectivity index (χ4v) is 3.49. The van der Waals surface area contributed by atoms with Crippen molar-refractivity contribution in [1.29, 1.82) is 5.26 Å². The molecule has 0 radical (unpaired) electrons. The minimum Gasteiger partial charge on any atom is -0.364 e. The molecule has 1 amide bonds. The van der Waals surface area contributed by atoms with Crippen LogP contribution in [0.15, 0.2) is 29.1 Å². The van der Waals surface area contributed by atoms with Gasteiger partial charge in [-0.05, 0) is 18.6 Å². The monoisotopic (exact) mass is 342 g/mol. The van der Waals surface area contributed by atoms with E-state index in [2.05, 4.69) is 4.98 Å². The molecule has 2 aromatic heterocycles. The fourth-order valence-electron chi connectivity index (χ4n) is 2.50. The molecule has 0 unspecified atom stereocenters. The van der Waals surface area contributed by atoms with Crippen LogP contribution < -0.4 is 11.3 Å². The molecule has 0 saturated carbocycles. The van der Waals surface area contributed by atoms with Crippen LogP contribution in [-0.4, -0.2) is 15.3 Å². The minimum absolute atomic E-state index is 0.0618. The van der Waals surface area contributed by atoms with Gasteiger partial charge in [-0.2, -0.15) is 5.26 Å². The van der Waals surface area contributed by atoms with Crippen LogP contribution >= 0.6 is 11.3 Å². The third-order valence-electron chi connectivity index (χ3n) is 3.55. The number of carbonyl (C=O) groups is 1. The molecule has 2 heterocycles. The largest absolute Gasteiger partial charge is 0.364 e. The Bertz CT molecular complexity index is 1080. The second kappa shape index (κ2) is 5.86. The lowest BCUT2D eigenvalue weighted by Gasteiger charge is -2.05. The first-order valence-corrected chi connectivity index (χ1v) is 7.73. The van der Waals surface area contributed by atoms with Crippen LogP contribution in [0.1, 0.15) is 32.2 Å². The van der Waals surface area contributed by atoms with Crippen molar-refractivity contribution in [3.8, 4) is 6.07 Å². The molecule has 0 aliphatic heterocycles. The Balaban J connectivity index is 2.12. The van der Waals surface area contributed by atoms with Crippen molar-refractivity contribution in [2.75, 3.05) is 0 Å². The molecule has 0 spiro atoms. The predicted octanol–water partition coefficient (Wildman–Crippen LogP) is 1.76. The van der Waals surface area contributed by atoms with Crippen LogP contribution in [0.5, 0.6) is 0 Å². The van der Waals surface area contributed by atoms with Crippen molar-refractivity contribution in [2.24, 2.45) is 5.73 Å². The number of rotatable bonds is 3. The number of amides is 1. The summed E-state index contributed by atoms with van der Waals surface area (Å²) < 4.78 is 15.3. The van der Waals surface area contributed by atoms with Crippen LogP contribution in [0.25, 0.3) is 4.96 Å². The third-order valence-corrected chi connectivity index (χ3v) is 4.50. The maximum atomic E-state index is 14.2. The van der Waals surface area contributed by atoms with Gasteiger partial charge in [0.25, 0.3) is 11.5 Å². The van der Waals surface area contributed by atoms with E-state index in [0.717, 1.165) is 15.7 Å². The average molecular weight is 342 g/mol. The van der Waals surface area contributed by atoms with Crippen molar-refractivity contribution in [1.82, 2.24) is 9.38 Å². The van der Waals surface area contributed by atoms with Gasteiger partial charge in [0.15, 0.2) is 4.96 Å². The Morgan fingerprint density at radius 1 is 1.50 bits per heavy atom. The summed E-state index contributed by atoms with van der Waals surface area (Å²) >= 11 is 1.16. The Morgan fingerprint density at radius 3 is 2.92 bits per heavy atom. The van der Waals surface area contributed by atoms with E-state index in [1.54, 1.807) is 19.1 Å². The molecule has 0 fully saturated rings. The number of carbonyl (C=O) groups excluding carboxylic acids is 1. The van der Waals surface area contributed by atoms with E-state index >= 15 is 0 Å². The van der Waals surface area contributed by atoms with E-state index in [0.29, 0.717) is 15.5 Å². The first-order chi connectivity index (χ1) is 11.4. The lowest BCUT2D eigenvalue weighted by molar-refractivity contribution is 0.0994. The maximum absolute atomic E-state index is 14.2. The molecule has 0 aliphatic rings. The molecule has 0 saturated heterocycles. The van der Waals surface area contributed by atoms with E-state index in [9.17, 15) is 14.0 Å². The molecule has 3 rings (SSSR count). The smallest absolute Gasteiger partial charge is 0.266 e. The van der Waals surface area contributed by atoms with E-state index < -0.39 is 17.3 Å². The zero-order chi connectivity index (χ0) is 17.4. The fraction of sp³-hybridized carbons (Fsp3) is 0.125. The standard InChI is InChI=1S/C16H11FN4O2S/c1-8-14(15(19)23)21-12(22)6-11(20-16(21)24-8)5-9-3-2-4-10(7-18)13(9)17/h2-4,6H,5H2,1H3,(H2,19,23). The van der Waals surface area contributed by atoms with Crippen LogP contribution in [0.4, 0.5) is 4.39 Å². The topological polar surface area (TPSA) is 101 Å². The molecule has 1 aromatic carbocycles. The lowest BCUT2D eigenvalue weighted by Crippen LogP contribution is -2.23. The van der Waals surface area contributed by atoms with Gasteiger partial charge in [0.1, 0.15) is 17.6 Å². The SMILES string of the molecule is Cc1sc2nc(Cc3cccc(C#N)c3F)cc(=O)n2c1C(N)=O. The Morgan fingerprint density at radius 2 is 2.25 bits per heavy atom. The Hall–Kier alpha value is -3.05. The lowest BCUT2D eigenvalue weighted by atomic mass is 10.1. The van der Waals surface area contributed by atoms with Gasteiger partial charge in [0.05, 0.1) is 11.3 Å². The number of halogens is 1. The zero-order valence-electron chi connectivity index (χ0n) is 12.5. The highest BCUT2D eigenvalue weighted by atomic mass is 32.1. The van der Waals surface area contributed by atoms with Gasteiger partial charge in [-0.15, -0.1) is 11.3 Å². The van der Waals surface area contributed by atoms with Gasteiger partial charge in [-0.3, -0.25) is 9.59 Å². The van der Waals surface area contributed by atoms with Crippen LogP contribution in [0, 0.1) is 24.1 Å². The molecule has 8 heteroatoms. The summed E-state index contributed by atoms with van der Waals surface area (Å²) in [6.45, 7) is 1.68. The summed E-state index contributed by atoms with van der Waals surface area (Å²) in [5.41, 5.74) is 5.53. The molecule has 24 heavy (non-hydrogen) atoms. The van der Waals surface area contributed by atoms with Crippen LogP contribution in [0.3, 0.4) is 0 Å². The van der Waals surface area contributed by atoms with Crippen molar-refractivity contribution in [3.63, 3.8) is 0 Å². The van der Waals surface area contributed by atoms with Crippen molar-refractivity contribution in [2.45, 2.75) is 13.3 Å². The second-order valence-electron chi connectivity index (χ2n) is 5.14. The molecule has 120 valence electrons. The predicted molar refractivity (Wildman–Crippen MR) is 86.5 cm³/mol. The number of nitrogens with two attached hydrogens (primary N) is 1. The van der Waals surface area contributed by atoms with E-state index in [1.165, 1.54) is 18.2 Å². The van der Waals surface area contributed by atoms with Crippen molar-refractivity contribution in [3.05, 3.63) is 67.8 Å². The number of hydrogen-bond donors (Lipinski definition) is 1. The number of aromatic nitrogens is 2. The molecule has 0 aliphatic carbocycles. The molecular formula is C16H11FN4O2S. The second-order valence-corrected chi connectivity index (χ2v) is 6.32. The summed E-state index contributed by atoms with van der Waals surface area (Å²) in [5.74, 6) is -1.33. The van der Waals surface area contributed by atoms with E-state index in [-0.39, 0.29) is 23.2 Å². The number of nitriles is 1. The van der Waals surface area contributed by atoms with Crippen LogP contribution in [-0.2, 0) is 6.42 Å². The Kier molecular flexibility index (Phi) is 3.87. The molecular weight excluding hydrogens is 331 g/mol. The first-order valence-electron chi connectivity index (χ1n) is 6.91. The van der Waals surface area contributed by atoms with Gasteiger partial charge in [-0.25, -0.2) is 13.8 Å². The summed E-state index contributed by atoms with van der Waals surface area (Å²) in [5, 5.41) is 8.88. The average Bonchev–Trinajstić information content (AvgIpc) is 2.86. The summed E-state index contributed by atoms with van der Waals surface area (Å²) in [6, 6.07) is 7.50. The van der Waals surface area contributed by atoms with Gasteiger partial charge >= 0.3 is 0 Å². The zero-order valence-corrected chi connectivity index (χ0v) is 13.4. The number of fused-ring (bicyclic) bond motifs is 1. The molecule has 6 nitrogen and oxygen atoms in total. The highest BCUT2D eigenvalue weighted by Crippen LogP contribution is 2.21. The maximum Gasteiger partial charge on any atom is 0.266 e. The van der Waals surface area contributed by atoms with Gasteiger partial charge in [-0.1, -0.05) is 12.1 Å². The summed E-state index contributed by atoms with van der Waals surface area (Å²) in [7, 11) is 0. The molecule has 0 atom stereocenters. The Labute approximate surface area is 139 Å². The van der Waals surface area contributed by atoms with E-state index in [4.69, 9.17) is 11.0 Å². The van der Waals surface area contributed by atoms with Crippen molar-refractivity contribution >= 4 is 22.2 Å². The number of hydrogen-bond acceptors (Lipinski definition) is 5. The highest BCUT2D eigenvalue weighted by molar-refractivity contribution is 7.17. The molecule has 0 bridgehead atoms. The van der Waals surface area contributed by atoms with Gasteiger partial charge in [0, 0.05) is 17.4 Å². The first kappa shape index (κ1) is 15.8.